The lowest BCUT2D eigenvalue weighted by Gasteiger charge is -2.33. The van der Waals surface area contributed by atoms with E-state index in [4.69, 9.17) is 0 Å². The van der Waals surface area contributed by atoms with Crippen LogP contribution in [0, 0.1) is 5.82 Å². The predicted molar refractivity (Wildman–Crippen MR) is 138 cm³/mol. The van der Waals surface area contributed by atoms with Gasteiger partial charge in [-0.25, -0.2) is 12.8 Å². The number of nitrogens with one attached hydrogen (secondary N) is 1. The minimum absolute atomic E-state index is 0.0641. The Kier molecular flexibility index (Phi) is 9.29. The quantitative estimate of drug-likeness (QED) is 0.491. The van der Waals surface area contributed by atoms with Crippen molar-refractivity contribution in [1.82, 2.24) is 10.2 Å². The molecule has 2 amide bonds. The molecular formula is C25H31BrFN3O4S. The normalized spacial score (nSPS) is 15.3. The molecule has 1 aliphatic rings. The molecule has 1 unspecified atom stereocenters. The second-order valence-corrected chi connectivity index (χ2v) is 11.7. The van der Waals surface area contributed by atoms with Crippen LogP contribution in [0.5, 0.6) is 0 Å². The standard InChI is InChI=1S/C25H31BrFN3O4S/c1-18(25(32)28-21-8-4-3-5-9-21)29(16-19-12-14-20(26)15-13-19)24(31)17-30(35(2,33)34)23-11-7-6-10-22(23)27/h6-7,10-15,18,21H,3-5,8-9,16-17H2,1-2H3,(H,28,32). The average Bonchev–Trinajstić information content (AvgIpc) is 2.82. The van der Waals surface area contributed by atoms with Gasteiger partial charge in [0, 0.05) is 17.1 Å². The number of sulfonamides is 1. The van der Waals surface area contributed by atoms with E-state index in [1.807, 2.05) is 24.3 Å². The van der Waals surface area contributed by atoms with Gasteiger partial charge in [0.2, 0.25) is 21.8 Å². The highest BCUT2D eigenvalue weighted by Crippen LogP contribution is 2.23. The molecule has 0 heterocycles. The molecule has 2 aromatic carbocycles. The molecule has 0 radical (unpaired) electrons. The van der Waals surface area contributed by atoms with Crippen LogP contribution in [0.3, 0.4) is 0 Å². The van der Waals surface area contributed by atoms with E-state index < -0.39 is 34.3 Å². The highest BCUT2D eigenvalue weighted by Gasteiger charge is 2.31. The molecular weight excluding hydrogens is 537 g/mol. The monoisotopic (exact) mass is 567 g/mol. The number of halogens is 2. The van der Waals surface area contributed by atoms with Gasteiger partial charge in [-0.2, -0.15) is 0 Å². The first-order chi connectivity index (χ1) is 16.6. The van der Waals surface area contributed by atoms with Crippen LogP contribution in [0.25, 0.3) is 0 Å². The Morgan fingerprint density at radius 3 is 2.31 bits per heavy atom. The number of hydrogen-bond donors (Lipinski definition) is 1. The third-order valence-electron chi connectivity index (χ3n) is 6.19. The highest BCUT2D eigenvalue weighted by atomic mass is 79.9. The van der Waals surface area contributed by atoms with Crippen molar-refractivity contribution in [1.29, 1.82) is 0 Å². The molecule has 10 heteroatoms. The van der Waals surface area contributed by atoms with Crippen LogP contribution in [-0.2, 0) is 26.2 Å². The number of hydrogen-bond acceptors (Lipinski definition) is 4. The maximum absolute atomic E-state index is 14.5. The average molecular weight is 569 g/mol. The maximum Gasteiger partial charge on any atom is 0.244 e. The summed E-state index contributed by atoms with van der Waals surface area (Å²) in [5.41, 5.74) is 0.557. The summed E-state index contributed by atoms with van der Waals surface area (Å²) >= 11 is 3.38. The van der Waals surface area contributed by atoms with Gasteiger partial charge in [-0.3, -0.25) is 13.9 Å². The molecule has 0 bridgehead atoms. The van der Waals surface area contributed by atoms with Crippen molar-refractivity contribution < 1.29 is 22.4 Å². The molecule has 190 valence electrons. The third kappa shape index (κ3) is 7.51. The number of carbonyl (C=O) groups excluding carboxylic acids is 2. The Balaban J connectivity index is 1.87. The molecule has 0 spiro atoms. The minimum Gasteiger partial charge on any atom is -0.352 e. The summed E-state index contributed by atoms with van der Waals surface area (Å²) in [6.45, 7) is 1.10. The Labute approximate surface area is 214 Å². The summed E-state index contributed by atoms with van der Waals surface area (Å²) in [7, 11) is -3.98. The molecule has 1 fully saturated rings. The van der Waals surface area contributed by atoms with Crippen LogP contribution in [0.4, 0.5) is 10.1 Å². The Morgan fingerprint density at radius 1 is 1.09 bits per heavy atom. The topological polar surface area (TPSA) is 86.8 Å². The summed E-state index contributed by atoms with van der Waals surface area (Å²) in [6, 6.07) is 11.9. The van der Waals surface area contributed by atoms with Gasteiger partial charge < -0.3 is 10.2 Å². The van der Waals surface area contributed by atoms with Gasteiger partial charge in [-0.1, -0.05) is 59.5 Å². The van der Waals surface area contributed by atoms with E-state index in [1.54, 1.807) is 6.92 Å². The first kappa shape index (κ1) is 27.1. The van der Waals surface area contributed by atoms with Gasteiger partial charge in [0.05, 0.1) is 11.9 Å². The molecule has 0 aliphatic heterocycles. The summed E-state index contributed by atoms with van der Waals surface area (Å²) in [5.74, 6) is -1.65. The number of anilines is 1. The second kappa shape index (κ2) is 12.0. The van der Waals surface area contributed by atoms with Crippen molar-refractivity contribution >= 4 is 43.5 Å². The molecule has 0 saturated heterocycles. The Hall–Kier alpha value is -2.46. The number of amides is 2. The number of rotatable bonds is 9. The van der Waals surface area contributed by atoms with Crippen molar-refractivity contribution in [3.63, 3.8) is 0 Å². The summed E-state index contributed by atoms with van der Waals surface area (Å²) in [4.78, 5) is 28.0. The van der Waals surface area contributed by atoms with E-state index >= 15 is 0 Å². The lowest BCUT2D eigenvalue weighted by atomic mass is 9.95. The molecule has 2 aromatic rings. The predicted octanol–water partition coefficient (Wildman–Crippen LogP) is 4.22. The summed E-state index contributed by atoms with van der Waals surface area (Å²) in [5, 5.41) is 3.04. The third-order valence-corrected chi connectivity index (χ3v) is 7.84. The van der Waals surface area contributed by atoms with Crippen LogP contribution < -0.4 is 9.62 Å². The first-order valence-electron chi connectivity index (χ1n) is 11.6. The molecule has 7 nitrogen and oxygen atoms in total. The number of para-hydroxylation sites is 1. The van der Waals surface area contributed by atoms with Crippen LogP contribution in [0.1, 0.15) is 44.6 Å². The number of carbonyl (C=O) groups is 2. The highest BCUT2D eigenvalue weighted by molar-refractivity contribution is 9.10. The van der Waals surface area contributed by atoms with E-state index in [0.29, 0.717) is 0 Å². The van der Waals surface area contributed by atoms with Gasteiger partial charge in [-0.05, 0) is 49.6 Å². The van der Waals surface area contributed by atoms with Crippen molar-refractivity contribution in [2.75, 3.05) is 17.1 Å². The fraction of sp³-hybridized carbons (Fsp3) is 0.440. The van der Waals surface area contributed by atoms with Crippen LogP contribution in [-0.4, -0.2) is 50.0 Å². The molecule has 1 aliphatic carbocycles. The fourth-order valence-electron chi connectivity index (χ4n) is 4.19. The van der Waals surface area contributed by atoms with Gasteiger partial charge >= 0.3 is 0 Å². The molecule has 1 N–H and O–H groups in total. The van der Waals surface area contributed by atoms with Crippen molar-refractivity contribution in [2.45, 2.75) is 57.7 Å². The first-order valence-corrected chi connectivity index (χ1v) is 14.3. The number of nitrogens with zero attached hydrogens (tertiary/aromatic N) is 2. The largest absolute Gasteiger partial charge is 0.352 e. The molecule has 3 rings (SSSR count). The van der Waals surface area contributed by atoms with Gasteiger partial charge in [-0.15, -0.1) is 0 Å². The smallest absolute Gasteiger partial charge is 0.244 e. The van der Waals surface area contributed by atoms with Crippen LogP contribution in [0.15, 0.2) is 53.0 Å². The lowest BCUT2D eigenvalue weighted by molar-refractivity contribution is -0.139. The van der Waals surface area contributed by atoms with E-state index in [1.165, 1.54) is 23.1 Å². The van der Waals surface area contributed by atoms with Gasteiger partial charge in [0.15, 0.2) is 0 Å². The molecule has 1 atom stereocenters. The fourth-order valence-corrected chi connectivity index (χ4v) is 5.30. The van der Waals surface area contributed by atoms with Crippen molar-refractivity contribution in [2.24, 2.45) is 0 Å². The van der Waals surface area contributed by atoms with E-state index in [9.17, 15) is 22.4 Å². The summed E-state index contributed by atoms with van der Waals surface area (Å²) in [6.07, 6.45) is 5.96. The van der Waals surface area contributed by atoms with E-state index in [2.05, 4.69) is 21.2 Å². The molecule has 0 aromatic heterocycles. The van der Waals surface area contributed by atoms with Crippen LogP contribution >= 0.6 is 15.9 Å². The zero-order valence-electron chi connectivity index (χ0n) is 19.9. The Morgan fingerprint density at radius 2 is 1.71 bits per heavy atom. The maximum atomic E-state index is 14.5. The van der Waals surface area contributed by atoms with E-state index in [0.717, 1.165) is 58.8 Å². The number of benzene rings is 2. The SMILES string of the molecule is CC(C(=O)NC1CCCCC1)N(Cc1ccc(Br)cc1)C(=O)CN(c1ccccc1F)S(C)(=O)=O. The summed E-state index contributed by atoms with van der Waals surface area (Å²) < 4.78 is 41.1. The second-order valence-electron chi connectivity index (χ2n) is 8.89. The van der Waals surface area contributed by atoms with Gasteiger partial charge in [0.1, 0.15) is 18.4 Å². The molecule has 35 heavy (non-hydrogen) atoms. The minimum atomic E-state index is -3.98. The van der Waals surface area contributed by atoms with E-state index in [-0.39, 0.29) is 24.2 Å². The lowest BCUT2D eigenvalue weighted by Crippen LogP contribution is -2.53. The zero-order valence-corrected chi connectivity index (χ0v) is 22.3. The Bertz CT molecular complexity index is 1140. The zero-order chi connectivity index (χ0) is 25.6. The molecule has 1 saturated carbocycles. The van der Waals surface area contributed by atoms with Crippen LogP contribution in [0.2, 0.25) is 0 Å². The van der Waals surface area contributed by atoms with Gasteiger partial charge in [0.25, 0.3) is 0 Å². The van der Waals surface area contributed by atoms with Crippen molar-refractivity contribution in [3.8, 4) is 0 Å². The van der Waals surface area contributed by atoms with Crippen molar-refractivity contribution in [3.05, 3.63) is 64.4 Å².